The first-order chi connectivity index (χ1) is 9.66. The minimum atomic E-state index is 0.675. The standard InChI is InChI=1S/C16H12ClNS2/c1-10-11-6-2-5-9-14(11)20-15(10)16(19)18-13-8-4-3-7-12(13)17/h2-9H,1H3,(H,18,19). The quantitative estimate of drug-likeness (QED) is 0.613. The Labute approximate surface area is 132 Å². The molecule has 1 aromatic heterocycles. The highest BCUT2D eigenvalue weighted by molar-refractivity contribution is 7.81. The molecule has 0 radical (unpaired) electrons. The molecule has 1 heterocycles. The third-order valence-corrected chi connectivity index (χ3v) is 5.23. The number of benzene rings is 2. The van der Waals surface area contributed by atoms with Crippen molar-refractivity contribution in [1.29, 1.82) is 0 Å². The molecule has 0 atom stereocenters. The summed E-state index contributed by atoms with van der Waals surface area (Å²) in [4.78, 5) is 1.82. The van der Waals surface area contributed by atoms with Gasteiger partial charge in [-0.2, -0.15) is 0 Å². The highest BCUT2D eigenvalue weighted by Crippen LogP contribution is 2.32. The maximum atomic E-state index is 6.16. The molecule has 0 aliphatic heterocycles. The van der Waals surface area contributed by atoms with Crippen molar-refractivity contribution in [3.8, 4) is 0 Å². The van der Waals surface area contributed by atoms with Crippen molar-refractivity contribution in [1.82, 2.24) is 0 Å². The first-order valence-corrected chi connectivity index (χ1v) is 7.81. The Kier molecular flexibility index (Phi) is 3.74. The van der Waals surface area contributed by atoms with Crippen molar-refractivity contribution in [3.63, 3.8) is 0 Å². The molecule has 4 heteroatoms. The van der Waals surface area contributed by atoms with E-state index in [-0.39, 0.29) is 0 Å². The zero-order valence-corrected chi connectivity index (χ0v) is 13.2. The molecular formula is C16H12ClNS2. The summed E-state index contributed by atoms with van der Waals surface area (Å²) in [5.74, 6) is 0. The Bertz CT molecular complexity index is 792. The van der Waals surface area contributed by atoms with E-state index in [9.17, 15) is 0 Å². The SMILES string of the molecule is Cc1c(C(=S)Nc2ccccc2Cl)sc2ccccc12. The minimum Gasteiger partial charge on any atom is -0.344 e. The van der Waals surface area contributed by atoms with Gasteiger partial charge in [0.1, 0.15) is 4.99 Å². The average molecular weight is 318 g/mol. The predicted octanol–water partition coefficient (Wildman–Crippen LogP) is 5.65. The highest BCUT2D eigenvalue weighted by Gasteiger charge is 2.13. The highest BCUT2D eigenvalue weighted by atomic mass is 35.5. The third kappa shape index (κ3) is 2.44. The molecule has 3 rings (SSSR count). The van der Waals surface area contributed by atoms with Gasteiger partial charge in [0.15, 0.2) is 0 Å². The van der Waals surface area contributed by atoms with E-state index in [1.807, 2.05) is 30.3 Å². The molecule has 100 valence electrons. The van der Waals surface area contributed by atoms with Gasteiger partial charge in [-0.25, -0.2) is 0 Å². The van der Waals surface area contributed by atoms with E-state index in [0.717, 1.165) is 15.6 Å². The smallest absolute Gasteiger partial charge is 0.121 e. The van der Waals surface area contributed by atoms with Gasteiger partial charge in [0.2, 0.25) is 0 Å². The monoisotopic (exact) mass is 317 g/mol. The van der Waals surface area contributed by atoms with E-state index in [1.165, 1.54) is 15.6 Å². The van der Waals surface area contributed by atoms with E-state index < -0.39 is 0 Å². The molecular weight excluding hydrogens is 306 g/mol. The molecule has 1 N–H and O–H groups in total. The largest absolute Gasteiger partial charge is 0.344 e. The Morgan fingerprint density at radius 3 is 2.55 bits per heavy atom. The number of hydrogen-bond donors (Lipinski definition) is 1. The van der Waals surface area contributed by atoms with Crippen LogP contribution in [-0.2, 0) is 0 Å². The number of halogens is 1. The Morgan fingerprint density at radius 2 is 1.80 bits per heavy atom. The van der Waals surface area contributed by atoms with Crippen LogP contribution in [0.25, 0.3) is 10.1 Å². The summed E-state index contributed by atoms with van der Waals surface area (Å²) in [6.45, 7) is 2.11. The molecule has 0 saturated carbocycles. The molecule has 0 saturated heterocycles. The van der Waals surface area contributed by atoms with Crippen LogP contribution in [-0.4, -0.2) is 4.99 Å². The Balaban J connectivity index is 1.97. The fourth-order valence-electron chi connectivity index (χ4n) is 2.13. The lowest BCUT2D eigenvalue weighted by Crippen LogP contribution is -2.10. The number of aryl methyl sites for hydroxylation is 1. The van der Waals surface area contributed by atoms with E-state index in [0.29, 0.717) is 5.02 Å². The second-order valence-corrected chi connectivity index (χ2v) is 6.35. The van der Waals surface area contributed by atoms with Crippen LogP contribution in [0.4, 0.5) is 5.69 Å². The Morgan fingerprint density at radius 1 is 1.10 bits per heavy atom. The summed E-state index contributed by atoms with van der Waals surface area (Å²) in [6, 6.07) is 16.0. The van der Waals surface area contributed by atoms with Crippen molar-refractivity contribution in [2.24, 2.45) is 0 Å². The minimum absolute atomic E-state index is 0.675. The molecule has 0 unspecified atom stereocenters. The van der Waals surface area contributed by atoms with Crippen LogP contribution >= 0.6 is 35.2 Å². The normalized spacial score (nSPS) is 10.7. The van der Waals surface area contributed by atoms with Crippen LogP contribution in [0, 0.1) is 6.92 Å². The first kappa shape index (κ1) is 13.6. The van der Waals surface area contributed by atoms with Gasteiger partial charge >= 0.3 is 0 Å². The van der Waals surface area contributed by atoms with Gasteiger partial charge < -0.3 is 5.32 Å². The van der Waals surface area contributed by atoms with Gasteiger partial charge in [0.05, 0.1) is 15.6 Å². The second-order valence-electron chi connectivity index (χ2n) is 4.49. The lowest BCUT2D eigenvalue weighted by atomic mass is 10.1. The number of para-hydroxylation sites is 1. The van der Waals surface area contributed by atoms with Gasteiger partial charge in [0, 0.05) is 4.70 Å². The molecule has 0 spiro atoms. The molecule has 0 aliphatic carbocycles. The topological polar surface area (TPSA) is 12.0 Å². The van der Waals surface area contributed by atoms with Crippen molar-refractivity contribution in [2.45, 2.75) is 6.92 Å². The maximum Gasteiger partial charge on any atom is 0.121 e. The molecule has 0 amide bonds. The molecule has 3 aromatic rings. The summed E-state index contributed by atoms with van der Waals surface area (Å²) >= 11 is 13.4. The van der Waals surface area contributed by atoms with Gasteiger partial charge in [-0.05, 0) is 36.1 Å². The van der Waals surface area contributed by atoms with Gasteiger partial charge in [0.25, 0.3) is 0 Å². The molecule has 0 aliphatic rings. The summed E-state index contributed by atoms with van der Waals surface area (Å²) in [6.07, 6.45) is 0. The van der Waals surface area contributed by atoms with E-state index in [1.54, 1.807) is 11.3 Å². The van der Waals surface area contributed by atoms with Crippen molar-refractivity contribution >= 4 is 55.9 Å². The zero-order valence-electron chi connectivity index (χ0n) is 10.8. The fourth-order valence-corrected chi connectivity index (χ4v) is 3.81. The Hall–Kier alpha value is -1.42. The van der Waals surface area contributed by atoms with E-state index in [4.69, 9.17) is 23.8 Å². The molecule has 0 bridgehead atoms. The van der Waals surface area contributed by atoms with Gasteiger partial charge in [-0.3, -0.25) is 0 Å². The number of nitrogens with one attached hydrogen (secondary N) is 1. The average Bonchev–Trinajstić information content (AvgIpc) is 2.79. The zero-order chi connectivity index (χ0) is 14.1. The molecule has 2 aromatic carbocycles. The van der Waals surface area contributed by atoms with Crippen LogP contribution in [0.2, 0.25) is 5.02 Å². The van der Waals surface area contributed by atoms with Gasteiger partial charge in [-0.1, -0.05) is 54.2 Å². The summed E-state index contributed by atoms with van der Waals surface area (Å²) in [7, 11) is 0. The molecule has 20 heavy (non-hydrogen) atoms. The van der Waals surface area contributed by atoms with Crippen LogP contribution in [0.5, 0.6) is 0 Å². The fraction of sp³-hybridized carbons (Fsp3) is 0.0625. The lowest BCUT2D eigenvalue weighted by molar-refractivity contribution is 1.56. The molecule has 0 fully saturated rings. The number of rotatable bonds is 2. The van der Waals surface area contributed by atoms with Gasteiger partial charge in [-0.15, -0.1) is 11.3 Å². The van der Waals surface area contributed by atoms with Crippen LogP contribution in [0.15, 0.2) is 48.5 Å². The summed E-state index contributed by atoms with van der Waals surface area (Å²) in [5, 5.41) is 5.17. The maximum absolute atomic E-state index is 6.16. The number of anilines is 1. The number of thiophene rings is 1. The van der Waals surface area contributed by atoms with Crippen LogP contribution in [0.1, 0.15) is 10.4 Å². The van der Waals surface area contributed by atoms with Crippen molar-refractivity contribution in [3.05, 3.63) is 64.0 Å². The van der Waals surface area contributed by atoms with Crippen molar-refractivity contribution < 1.29 is 0 Å². The number of thiocarbonyl (C=S) groups is 1. The summed E-state index contributed by atoms with van der Waals surface area (Å²) < 4.78 is 1.25. The predicted molar refractivity (Wildman–Crippen MR) is 93.3 cm³/mol. The number of hydrogen-bond acceptors (Lipinski definition) is 2. The summed E-state index contributed by atoms with van der Waals surface area (Å²) in [5.41, 5.74) is 2.06. The third-order valence-electron chi connectivity index (χ3n) is 3.17. The lowest BCUT2D eigenvalue weighted by Gasteiger charge is -2.08. The van der Waals surface area contributed by atoms with Crippen LogP contribution < -0.4 is 5.32 Å². The second kappa shape index (κ2) is 5.52. The van der Waals surface area contributed by atoms with E-state index in [2.05, 4.69) is 30.4 Å². The first-order valence-electron chi connectivity index (χ1n) is 6.21. The van der Waals surface area contributed by atoms with Crippen LogP contribution in [0.3, 0.4) is 0 Å². The van der Waals surface area contributed by atoms with Crippen molar-refractivity contribution in [2.75, 3.05) is 5.32 Å². The number of fused-ring (bicyclic) bond motifs is 1. The molecule has 1 nitrogen and oxygen atoms in total. The van der Waals surface area contributed by atoms with E-state index >= 15 is 0 Å².